The van der Waals surface area contributed by atoms with E-state index in [2.05, 4.69) is 19.2 Å². The smallest absolute Gasteiger partial charge is 0.464 e. The second kappa shape index (κ2) is 12.2. The van der Waals surface area contributed by atoms with Crippen molar-refractivity contribution in [3.63, 3.8) is 0 Å². The molecule has 2 amide bonds. The first-order valence-corrected chi connectivity index (χ1v) is 15.2. The Kier molecular flexibility index (Phi) is 9.19. The molecule has 9 nitrogen and oxygen atoms in total. The third kappa shape index (κ3) is 6.40. The lowest BCUT2D eigenvalue weighted by molar-refractivity contribution is -0.149. The zero-order chi connectivity index (χ0) is 30.9. The molecule has 1 spiro atoms. The number of rotatable bonds is 10. The van der Waals surface area contributed by atoms with Gasteiger partial charge in [-0.2, -0.15) is 0 Å². The molecular formula is C33H48N2O7. The highest BCUT2D eigenvalue weighted by atomic mass is 16.7. The molecule has 3 heterocycles. The van der Waals surface area contributed by atoms with Crippen LogP contribution in [0.5, 0.6) is 0 Å². The number of aryl methyl sites for hydroxylation is 1. The molecule has 2 saturated heterocycles. The highest BCUT2D eigenvalue weighted by Gasteiger charge is 2.70. The standard InChI is InChI=1S/C33H48N2O7/c1-9-11-13-14-17-34-18-16-25-24-19-23(15-12-10-2)40-26(24)27-33(25,28(34)36)20-22(21-39-30(38)42-32(6,7)8)35(27)29(37)41-31(3,4)5/h9-10,19,22,25,27H,1-2,11-18,20-21H2,3-8H3/t22-,25+,27+,33+/m1/s1. The number of fused-ring (bicyclic) bond motifs is 3. The molecule has 2 fully saturated rings. The van der Waals surface area contributed by atoms with Crippen LogP contribution in [0.15, 0.2) is 35.8 Å². The SMILES string of the molecule is C=CCCCCN1CC[C@H]2c3cc(CCC=C)oc3[C@@H]3N(C(=O)OC(C)(C)C)[C@@H](COC(=O)OC(C)(C)C)C[C@@]32C1=O. The molecule has 2 aliphatic heterocycles. The normalized spacial score (nSPS) is 25.0. The summed E-state index contributed by atoms with van der Waals surface area (Å²) in [4.78, 5) is 44.6. The first-order valence-electron chi connectivity index (χ1n) is 15.2. The van der Waals surface area contributed by atoms with E-state index in [-0.39, 0.29) is 18.4 Å². The largest absolute Gasteiger partial charge is 0.508 e. The van der Waals surface area contributed by atoms with Crippen LogP contribution in [0, 0.1) is 5.41 Å². The molecule has 42 heavy (non-hydrogen) atoms. The fourth-order valence-corrected chi connectivity index (χ4v) is 6.76. The predicted molar refractivity (Wildman–Crippen MR) is 159 cm³/mol. The highest BCUT2D eigenvalue weighted by molar-refractivity contribution is 5.89. The van der Waals surface area contributed by atoms with Crippen LogP contribution >= 0.6 is 0 Å². The summed E-state index contributed by atoms with van der Waals surface area (Å²) in [6, 6.07) is 0.802. The van der Waals surface area contributed by atoms with Crippen molar-refractivity contribution in [2.24, 2.45) is 5.41 Å². The molecule has 1 aliphatic carbocycles. The van der Waals surface area contributed by atoms with Gasteiger partial charge < -0.3 is 23.5 Å². The van der Waals surface area contributed by atoms with Crippen molar-refractivity contribution in [3.8, 4) is 0 Å². The van der Waals surface area contributed by atoms with Crippen LogP contribution < -0.4 is 0 Å². The fourth-order valence-electron chi connectivity index (χ4n) is 6.76. The van der Waals surface area contributed by atoms with Crippen molar-refractivity contribution >= 4 is 18.2 Å². The molecule has 232 valence electrons. The van der Waals surface area contributed by atoms with Crippen LogP contribution in [-0.2, 0) is 25.4 Å². The summed E-state index contributed by atoms with van der Waals surface area (Å²) in [5.74, 6) is 1.36. The molecule has 1 aromatic heterocycles. The third-order valence-corrected chi connectivity index (χ3v) is 8.26. The maximum absolute atomic E-state index is 14.6. The van der Waals surface area contributed by atoms with Gasteiger partial charge >= 0.3 is 12.2 Å². The number of furan rings is 1. The van der Waals surface area contributed by atoms with E-state index in [4.69, 9.17) is 18.6 Å². The predicted octanol–water partition coefficient (Wildman–Crippen LogP) is 7.07. The summed E-state index contributed by atoms with van der Waals surface area (Å²) < 4.78 is 23.3. The van der Waals surface area contributed by atoms with E-state index < -0.39 is 40.9 Å². The van der Waals surface area contributed by atoms with Crippen LogP contribution in [0.3, 0.4) is 0 Å². The van der Waals surface area contributed by atoms with Gasteiger partial charge in [-0.25, -0.2) is 9.59 Å². The Hall–Kier alpha value is -3.23. The minimum Gasteiger partial charge on any atom is -0.464 e. The number of ether oxygens (including phenoxy) is 3. The van der Waals surface area contributed by atoms with Crippen LogP contribution in [0.4, 0.5) is 9.59 Å². The lowest BCUT2D eigenvalue weighted by Crippen LogP contribution is -2.53. The van der Waals surface area contributed by atoms with E-state index in [1.54, 1.807) is 25.7 Å². The van der Waals surface area contributed by atoms with Gasteiger partial charge in [-0.1, -0.05) is 12.2 Å². The van der Waals surface area contributed by atoms with Crippen LogP contribution in [0.2, 0.25) is 0 Å². The molecule has 1 aromatic rings. The van der Waals surface area contributed by atoms with Crippen molar-refractivity contribution in [2.75, 3.05) is 19.7 Å². The zero-order valence-electron chi connectivity index (χ0n) is 26.2. The quantitative estimate of drug-likeness (QED) is 0.165. The average Bonchev–Trinajstić information content (AvgIpc) is 3.50. The first kappa shape index (κ1) is 31.7. The number of allylic oxidation sites excluding steroid dienone is 2. The lowest BCUT2D eigenvalue weighted by Gasteiger charge is -2.44. The van der Waals surface area contributed by atoms with Crippen LogP contribution in [0.1, 0.15) is 109 Å². The van der Waals surface area contributed by atoms with Gasteiger partial charge in [-0.05, 0) is 86.1 Å². The summed E-state index contributed by atoms with van der Waals surface area (Å²) in [5.41, 5.74) is -1.43. The number of carbonyl (C=O) groups is 3. The van der Waals surface area contributed by atoms with E-state index in [0.717, 1.165) is 43.4 Å². The monoisotopic (exact) mass is 584 g/mol. The number of amides is 2. The minimum absolute atomic E-state index is 0.0229. The lowest BCUT2D eigenvalue weighted by atomic mass is 9.67. The number of carbonyl (C=O) groups excluding carboxylic acids is 3. The Labute approximate surface area is 250 Å². The van der Waals surface area contributed by atoms with E-state index in [1.807, 2.05) is 37.8 Å². The molecule has 4 atom stereocenters. The van der Waals surface area contributed by atoms with Crippen molar-refractivity contribution in [3.05, 3.63) is 48.5 Å². The molecule has 3 aliphatic rings. The number of unbranched alkanes of at least 4 members (excludes halogenated alkanes) is 2. The van der Waals surface area contributed by atoms with Gasteiger partial charge in [0.05, 0.1) is 11.5 Å². The molecule has 0 saturated carbocycles. The zero-order valence-corrected chi connectivity index (χ0v) is 26.2. The maximum Gasteiger partial charge on any atom is 0.508 e. The number of piperidine rings is 1. The van der Waals surface area contributed by atoms with E-state index in [0.29, 0.717) is 31.7 Å². The van der Waals surface area contributed by atoms with E-state index in [1.165, 1.54) is 0 Å². The van der Waals surface area contributed by atoms with E-state index in [9.17, 15) is 14.4 Å². The van der Waals surface area contributed by atoms with Gasteiger partial charge in [0, 0.05) is 31.0 Å². The molecule has 0 N–H and O–H groups in total. The Morgan fingerprint density at radius 2 is 1.76 bits per heavy atom. The van der Waals surface area contributed by atoms with Gasteiger partial charge in [0.2, 0.25) is 5.91 Å². The van der Waals surface area contributed by atoms with Crippen LogP contribution in [0.25, 0.3) is 0 Å². The second-order valence-electron chi connectivity index (χ2n) is 13.7. The van der Waals surface area contributed by atoms with Gasteiger partial charge in [0.25, 0.3) is 0 Å². The van der Waals surface area contributed by atoms with Crippen molar-refractivity contribution < 1.29 is 33.0 Å². The maximum atomic E-state index is 14.6. The summed E-state index contributed by atoms with van der Waals surface area (Å²) in [5, 5.41) is 0. The molecule has 0 bridgehead atoms. The first-order chi connectivity index (χ1) is 19.7. The number of hydrogen-bond donors (Lipinski definition) is 0. The Morgan fingerprint density at radius 3 is 2.40 bits per heavy atom. The molecular weight excluding hydrogens is 536 g/mol. The third-order valence-electron chi connectivity index (χ3n) is 8.26. The van der Waals surface area contributed by atoms with Crippen LogP contribution in [-0.4, -0.2) is 64.9 Å². The highest BCUT2D eigenvalue weighted by Crippen LogP contribution is 2.67. The summed E-state index contributed by atoms with van der Waals surface area (Å²) in [7, 11) is 0. The topological polar surface area (TPSA) is 98.5 Å². The van der Waals surface area contributed by atoms with Gasteiger partial charge in [-0.3, -0.25) is 9.69 Å². The molecule has 0 unspecified atom stereocenters. The molecule has 4 rings (SSSR count). The number of nitrogens with zero attached hydrogens (tertiary/aromatic N) is 2. The molecule has 9 heteroatoms. The van der Waals surface area contributed by atoms with Crippen molar-refractivity contribution in [1.29, 1.82) is 0 Å². The summed E-state index contributed by atoms with van der Waals surface area (Å²) in [6.07, 6.45) is 7.63. The number of likely N-dealkylation sites (tertiary alicyclic amines) is 2. The van der Waals surface area contributed by atoms with Gasteiger partial charge in [0.1, 0.15) is 35.4 Å². The fraction of sp³-hybridized carbons (Fsp3) is 0.667. The summed E-state index contributed by atoms with van der Waals surface area (Å²) >= 11 is 0. The van der Waals surface area contributed by atoms with Crippen molar-refractivity contribution in [1.82, 2.24) is 9.80 Å². The Balaban J connectivity index is 1.74. The average molecular weight is 585 g/mol. The van der Waals surface area contributed by atoms with Gasteiger partial charge in [-0.15, -0.1) is 13.2 Å². The summed E-state index contributed by atoms with van der Waals surface area (Å²) in [6.45, 7) is 19.5. The Morgan fingerprint density at radius 1 is 1.07 bits per heavy atom. The van der Waals surface area contributed by atoms with Crippen molar-refractivity contribution in [2.45, 2.75) is 116 Å². The Bertz CT molecular complexity index is 1190. The number of hydrogen-bond acceptors (Lipinski definition) is 7. The minimum atomic E-state index is -0.930. The van der Waals surface area contributed by atoms with Gasteiger partial charge in [0.15, 0.2) is 0 Å². The second-order valence-corrected chi connectivity index (χ2v) is 13.7. The van der Waals surface area contributed by atoms with E-state index >= 15 is 0 Å². The molecule has 0 radical (unpaired) electrons. The molecule has 0 aromatic carbocycles.